The Hall–Kier alpha value is -2.04. The van der Waals surface area contributed by atoms with Gasteiger partial charge in [-0.25, -0.2) is 4.79 Å². The predicted octanol–water partition coefficient (Wildman–Crippen LogP) is 2.56. The maximum absolute atomic E-state index is 11.7. The molecule has 1 fully saturated rings. The minimum Gasteiger partial charge on any atom is -0.481 e. The summed E-state index contributed by atoms with van der Waals surface area (Å²) in [6, 6.07) is 9.35. The number of benzene rings is 1. The molecule has 5 nitrogen and oxygen atoms in total. The minimum atomic E-state index is -0.818. The SMILES string of the molecule is O=C(O)C[C@@H]1CCC[C@H]1NC(=O)OCc1ccccc1. The fraction of sp³-hybridized carbons (Fsp3) is 0.467. The van der Waals surface area contributed by atoms with Crippen LogP contribution in [-0.4, -0.2) is 23.2 Å². The first kappa shape index (κ1) is 14.4. The Morgan fingerprint density at radius 3 is 2.70 bits per heavy atom. The molecule has 20 heavy (non-hydrogen) atoms. The van der Waals surface area contributed by atoms with Gasteiger partial charge in [-0.3, -0.25) is 4.79 Å². The molecule has 0 spiro atoms. The van der Waals surface area contributed by atoms with E-state index in [0.29, 0.717) is 0 Å². The van der Waals surface area contributed by atoms with Gasteiger partial charge in [0.25, 0.3) is 0 Å². The van der Waals surface area contributed by atoms with E-state index in [9.17, 15) is 9.59 Å². The van der Waals surface area contributed by atoms with Crippen LogP contribution in [0.25, 0.3) is 0 Å². The number of aliphatic carboxylic acids is 1. The number of nitrogens with one attached hydrogen (secondary N) is 1. The van der Waals surface area contributed by atoms with Gasteiger partial charge in [-0.2, -0.15) is 0 Å². The zero-order valence-electron chi connectivity index (χ0n) is 11.2. The van der Waals surface area contributed by atoms with Gasteiger partial charge in [0.2, 0.25) is 0 Å². The van der Waals surface area contributed by atoms with E-state index in [1.165, 1.54) is 0 Å². The maximum atomic E-state index is 11.7. The second-order valence-corrected chi connectivity index (χ2v) is 5.10. The Morgan fingerprint density at radius 2 is 2.00 bits per heavy atom. The number of hydrogen-bond donors (Lipinski definition) is 2. The average Bonchev–Trinajstić information content (AvgIpc) is 2.84. The van der Waals surface area contributed by atoms with Crippen molar-refractivity contribution in [3.63, 3.8) is 0 Å². The van der Waals surface area contributed by atoms with E-state index in [-0.39, 0.29) is 25.0 Å². The summed E-state index contributed by atoms with van der Waals surface area (Å²) in [6.45, 7) is 0.225. The smallest absolute Gasteiger partial charge is 0.407 e. The largest absolute Gasteiger partial charge is 0.481 e. The second kappa shape index (κ2) is 6.93. The van der Waals surface area contributed by atoms with Crippen LogP contribution in [0.2, 0.25) is 0 Å². The molecule has 0 heterocycles. The fourth-order valence-corrected chi connectivity index (χ4v) is 2.61. The molecule has 0 radical (unpaired) electrons. The second-order valence-electron chi connectivity index (χ2n) is 5.10. The van der Waals surface area contributed by atoms with Crippen LogP contribution in [-0.2, 0) is 16.1 Å². The van der Waals surface area contributed by atoms with E-state index < -0.39 is 12.1 Å². The molecular formula is C15H19NO4. The zero-order valence-corrected chi connectivity index (χ0v) is 11.2. The Balaban J connectivity index is 1.77. The number of alkyl carbamates (subject to hydrolysis) is 1. The molecule has 108 valence electrons. The molecule has 0 unspecified atom stereocenters. The molecule has 5 heteroatoms. The van der Waals surface area contributed by atoms with E-state index in [2.05, 4.69) is 5.32 Å². The number of ether oxygens (including phenoxy) is 1. The van der Waals surface area contributed by atoms with Gasteiger partial charge in [0, 0.05) is 6.04 Å². The highest BCUT2D eigenvalue weighted by Crippen LogP contribution is 2.28. The first-order valence-electron chi connectivity index (χ1n) is 6.84. The highest BCUT2D eigenvalue weighted by Gasteiger charge is 2.30. The summed E-state index contributed by atoms with van der Waals surface area (Å²) < 4.78 is 5.15. The minimum absolute atomic E-state index is 0.0109. The lowest BCUT2D eigenvalue weighted by atomic mass is 10.00. The van der Waals surface area contributed by atoms with E-state index >= 15 is 0 Å². The highest BCUT2D eigenvalue weighted by atomic mass is 16.5. The monoisotopic (exact) mass is 277 g/mol. The first-order chi connectivity index (χ1) is 9.65. The molecule has 0 aliphatic heterocycles. The van der Waals surface area contributed by atoms with Crippen LogP contribution < -0.4 is 5.32 Å². The molecule has 2 atom stereocenters. The van der Waals surface area contributed by atoms with Gasteiger partial charge >= 0.3 is 12.1 Å². The van der Waals surface area contributed by atoms with Gasteiger partial charge in [-0.05, 0) is 24.3 Å². The van der Waals surface area contributed by atoms with Gasteiger partial charge in [0.05, 0.1) is 6.42 Å². The summed E-state index contributed by atoms with van der Waals surface area (Å²) in [4.78, 5) is 22.5. The number of carboxylic acid groups (broad SMARTS) is 1. The summed E-state index contributed by atoms with van der Waals surface area (Å²) in [5, 5.41) is 11.6. The molecule has 0 saturated heterocycles. The third kappa shape index (κ3) is 4.26. The molecule has 1 aliphatic carbocycles. The Labute approximate surface area is 117 Å². The summed E-state index contributed by atoms with van der Waals surface area (Å²) in [5.74, 6) is -0.807. The molecule has 1 aromatic carbocycles. The predicted molar refractivity (Wildman–Crippen MR) is 73.1 cm³/mol. The Kier molecular flexibility index (Phi) is 4.98. The van der Waals surface area contributed by atoms with Crippen molar-refractivity contribution < 1.29 is 19.4 Å². The van der Waals surface area contributed by atoms with Crippen molar-refractivity contribution in [1.29, 1.82) is 0 Å². The van der Waals surface area contributed by atoms with E-state index in [0.717, 1.165) is 24.8 Å². The molecule has 1 amide bonds. The summed E-state index contributed by atoms with van der Waals surface area (Å²) >= 11 is 0. The Morgan fingerprint density at radius 1 is 1.25 bits per heavy atom. The Bertz CT molecular complexity index is 460. The lowest BCUT2D eigenvalue weighted by molar-refractivity contribution is -0.138. The van der Waals surface area contributed by atoms with Crippen molar-refractivity contribution in [2.75, 3.05) is 0 Å². The van der Waals surface area contributed by atoms with E-state index in [4.69, 9.17) is 9.84 Å². The van der Waals surface area contributed by atoms with Crippen molar-refractivity contribution in [1.82, 2.24) is 5.32 Å². The average molecular weight is 277 g/mol. The van der Waals surface area contributed by atoms with Crippen molar-refractivity contribution >= 4 is 12.1 Å². The van der Waals surface area contributed by atoms with Crippen LogP contribution in [0.5, 0.6) is 0 Å². The molecule has 1 saturated carbocycles. The third-order valence-corrected chi connectivity index (χ3v) is 3.61. The van der Waals surface area contributed by atoms with Gasteiger partial charge < -0.3 is 15.2 Å². The van der Waals surface area contributed by atoms with Gasteiger partial charge in [0.1, 0.15) is 6.61 Å². The molecular weight excluding hydrogens is 258 g/mol. The quantitative estimate of drug-likeness (QED) is 0.867. The first-order valence-corrected chi connectivity index (χ1v) is 6.84. The lowest BCUT2D eigenvalue weighted by Gasteiger charge is -2.19. The molecule has 1 aromatic rings. The third-order valence-electron chi connectivity index (χ3n) is 3.61. The van der Waals surface area contributed by atoms with Gasteiger partial charge in [0.15, 0.2) is 0 Å². The van der Waals surface area contributed by atoms with Crippen LogP contribution in [0, 0.1) is 5.92 Å². The number of carboxylic acids is 1. The fourth-order valence-electron chi connectivity index (χ4n) is 2.61. The standard InChI is InChI=1S/C15H19NO4/c17-14(18)9-12-7-4-8-13(12)16-15(19)20-10-11-5-2-1-3-6-11/h1-3,5-6,12-13H,4,7-10H2,(H,16,19)(H,17,18)/t12-,13+/m0/s1. The van der Waals surface area contributed by atoms with Crippen LogP contribution in [0.3, 0.4) is 0 Å². The summed E-state index contributed by atoms with van der Waals surface area (Å²) in [6.07, 6.45) is 2.23. The topological polar surface area (TPSA) is 75.6 Å². The van der Waals surface area contributed by atoms with Crippen molar-refractivity contribution in [2.45, 2.75) is 38.3 Å². The molecule has 0 bridgehead atoms. The summed E-state index contributed by atoms with van der Waals surface area (Å²) in [7, 11) is 0. The van der Waals surface area contributed by atoms with Gasteiger partial charge in [-0.15, -0.1) is 0 Å². The summed E-state index contributed by atoms with van der Waals surface area (Å²) in [5.41, 5.74) is 0.927. The molecule has 0 aromatic heterocycles. The van der Waals surface area contributed by atoms with Crippen molar-refractivity contribution in [3.8, 4) is 0 Å². The van der Waals surface area contributed by atoms with Crippen molar-refractivity contribution in [3.05, 3.63) is 35.9 Å². The normalized spacial score (nSPS) is 21.4. The molecule has 1 aliphatic rings. The van der Waals surface area contributed by atoms with Crippen LogP contribution in [0.15, 0.2) is 30.3 Å². The number of amides is 1. The zero-order chi connectivity index (χ0) is 14.4. The maximum Gasteiger partial charge on any atom is 0.407 e. The number of hydrogen-bond acceptors (Lipinski definition) is 3. The van der Waals surface area contributed by atoms with Gasteiger partial charge in [-0.1, -0.05) is 36.8 Å². The molecule has 2 rings (SSSR count). The van der Waals surface area contributed by atoms with Crippen LogP contribution in [0.1, 0.15) is 31.2 Å². The lowest BCUT2D eigenvalue weighted by Crippen LogP contribution is -2.38. The highest BCUT2D eigenvalue weighted by molar-refractivity contribution is 5.69. The van der Waals surface area contributed by atoms with E-state index in [1.807, 2.05) is 30.3 Å². The van der Waals surface area contributed by atoms with Crippen LogP contribution >= 0.6 is 0 Å². The number of carbonyl (C=O) groups is 2. The number of carbonyl (C=O) groups excluding carboxylic acids is 1. The number of rotatable bonds is 5. The van der Waals surface area contributed by atoms with E-state index in [1.54, 1.807) is 0 Å². The van der Waals surface area contributed by atoms with Crippen LogP contribution in [0.4, 0.5) is 4.79 Å². The van der Waals surface area contributed by atoms with Crippen molar-refractivity contribution in [2.24, 2.45) is 5.92 Å². The molecule has 2 N–H and O–H groups in total.